The first-order valence-corrected chi connectivity index (χ1v) is 7.27. The Kier molecular flexibility index (Phi) is 2.31. The van der Waals surface area contributed by atoms with Crippen molar-refractivity contribution in [2.45, 2.75) is 39.2 Å². The molecule has 4 N–H and O–H groups in total. The first-order chi connectivity index (χ1) is 9.19. The van der Waals surface area contributed by atoms with Crippen LogP contribution in [0.15, 0.2) is 0 Å². The fourth-order valence-electron chi connectivity index (χ4n) is 4.59. The summed E-state index contributed by atoms with van der Waals surface area (Å²) in [5, 5.41) is 3.66. The Morgan fingerprint density at radius 3 is 2.32 bits per heavy atom. The van der Waals surface area contributed by atoms with Gasteiger partial charge in [-0.15, -0.1) is 0 Å². The van der Waals surface area contributed by atoms with Crippen LogP contribution in [0, 0.1) is 37.5 Å². The van der Waals surface area contributed by atoms with E-state index >= 15 is 0 Å². The molecule has 0 spiro atoms. The number of hydrazine groups is 1. The van der Waals surface area contributed by atoms with Crippen molar-refractivity contribution < 1.29 is 0 Å². The molecule has 0 aliphatic heterocycles. The third-order valence-corrected chi connectivity index (χ3v) is 5.43. The molecule has 0 aromatic carbocycles. The standard InChI is InChI=1S/C14H21N5/c1-6-13(16-7(2)17-14(6)19-15)18-12-10-8-3-4-9(5-8)11(10)12/h8-12H,3-5,15H2,1-2H3,(H2,16,17,18,19). The molecule has 102 valence electrons. The molecular weight excluding hydrogens is 238 g/mol. The van der Waals surface area contributed by atoms with Crippen LogP contribution >= 0.6 is 0 Å². The molecule has 4 unspecified atom stereocenters. The van der Waals surface area contributed by atoms with Gasteiger partial charge in [0.1, 0.15) is 17.5 Å². The second-order valence-electron chi connectivity index (χ2n) is 6.40. The first kappa shape index (κ1) is 11.5. The molecule has 5 nitrogen and oxygen atoms in total. The zero-order chi connectivity index (χ0) is 13.1. The minimum atomic E-state index is 0.643. The Morgan fingerprint density at radius 2 is 1.68 bits per heavy atom. The molecule has 3 fully saturated rings. The minimum absolute atomic E-state index is 0.643. The van der Waals surface area contributed by atoms with Crippen molar-refractivity contribution in [1.82, 2.24) is 9.97 Å². The summed E-state index contributed by atoms with van der Waals surface area (Å²) in [4.78, 5) is 8.85. The van der Waals surface area contributed by atoms with Crippen LogP contribution in [-0.2, 0) is 0 Å². The van der Waals surface area contributed by atoms with Crippen LogP contribution in [0.3, 0.4) is 0 Å². The van der Waals surface area contributed by atoms with Gasteiger partial charge in [0.05, 0.1) is 0 Å². The second kappa shape index (κ2) is 3.82. The van der Waals surface area contributed by atoms with E-state index in [2.05, 4.69) is 20.7 Å². The zero-order valence-corrected chi connectivity index (χ0v) is 11.5. The molecule has 5 heteroatoms. The number of aromatic nitrogens is 2. The Labute approximate surface area is 113 Å². The molecule has 19 heavy (non-hydrogen) atoms. The van der Waals surface area contributed by atoms with E-state index < -0.39 is 0 Å². The lowest BCUT2D eigenvalue weighted by molar-refractivity contribution is 0.456. The number of nitrogen functional groups attached to an aromatic ring is 1. The van der Waals surface area contributed by atoms with Crippen LogP contribution in [0.1, 0.15) is 30.7 Å². The Balaban J connectivity index is 1.57. The largest absolute Gasteiger partial charge is 0.366 e. The highest BCUT2D eigenvalue weighted by molar-refractivity contribution is 5.58. The van der Waals surface area contributed by atoms with E-state index in [1.807, 2.05) is 13.8 Å². The van der Waals surface area contributed by atoms with Crippen LogP contribution in [0.5, 0.6) is 0 Å². The predicted octanol–water partition coefficient (Wildman–Crippen LogP) is 1.84. The number of rotatable bonds is 3. The van der Waals surface area contributed by atoms with E-state index in [-0.39, 0.29) is 0 Å². The average molecular weight is 259 g/mol. The molecule has 3 saturated carbocycles. The molecule has 0 radical (unpaired) electrons. The van der Waals surface area contributed by atoms with Gasteiger partial charge in [-0.1, -0.05) is 0 Å². The minimum Gasteiger partial charge on any atom is -0.366 e. The number of hydrogen-bond donors (Lipinski definition) is 3. The molecule has 1 aromatic heterocycles. The third kappa shape index (κ3) is 1.57. The maximum Gasteiger partial charge on any atom is 0.148 e. The summed E-state index contributed by atoms with van der Waals surface area (Å²) in [5.41, 5.74) is 3.68. The van der Waals surface area contributed by atoms with Gasteiger partial charge in [-0.05, 0) is 56.8 Å². The van der Waals surface area contributed by atoms with Crippen molar-refractivity contribution in [3.63, 3.8) is 0 Å². The van der Waals surface area contributed by atoms with Gasteiger partial charge in [0.15, 0.2) is 0 Å². The van der Waals surface area contributed by atoms with Gasteiger partial charge in [0.2, 0.25) is 0 Å². The summed E-state index contributed by atoms with van der Waals surface area (Å²) >= 11 is 0. The molecule has 1 heterocycles. The summed E-state index contributed by atoms with van der Waals surface area (Å²) in [7, 11) is 0. The monoisotopic (exact) mass is 259 g/mol. The van der Waals surface area contributed by atoms with E-state index in [0.29, 0.717) is 6.04 Å². The second-order valence-corrected chi connectivity index (χ2v) is 6.40. The molecule has 3 aliphatic rings. The Bertz CT molecular complexity index is 513. The van der Waals surface area contributed by atoms with Crippen LogP contribution in [0.2, 0.25) is 0 Å². The van der Waals surface area contributed by atoms with Crippen LogP contribution in [-0.4, -0.2) is 16.0 Å². The van der Waals surface area contributed by atoms with Gasteiger partial charge >= 0.3 is 0 Å². The van der Waals surface area contributed by atoms with Gasteiger partial charge in [0.25, 0.3) is 0 Å². The normalized spacial score (nSPS) is 38.2. The van der Waals surface area contributed by atoms with Gasteiger partial charge in [-0.25, -0.2) is 15.8 Å². The SMILES string of the molecule is Cc1nc(NN)c(C)c(NC2C3C4CCC(C4)C23)n1. The summed E-state index contributed by atoms with van der Waals surface area (Å²) in [5.74, 6) is 11.7. The van der Waals surface area contributed by atoms with Crippen molar-refractivity contribution in [2.24, 2.45) is 29.5 Å². The van der Waals surface area contributed by atoms with Crippen molar-refractivity contribution >= 4 is 11.6 Å². The summed E-state index contributed by atoms with van der Waals surface area (Å²) in [6.45, 7) is 3.92. The zero-order valence-electron chi connectivity index (χ0n) is 11.5. The first-order valence-electron chi connectivity index (χ1n) is 7.27. The average Bonchev–Trinajstić information content (AvgIpc) is 2.81. The number of anilines is 2. The Hall–Kier alpha value is -1.36. The molecule has 4 atom stereocenters. The molecular formula is C14H21N5. The molecule has 3 aliphatic carbocycles. The molecule has 2 bridgehead atoms. The van der Waals surface area contributed by atoms with Gasteiger partial charge in [0, 0.05) is 11.6 Å². The van der Waals surface area contributed by atoms with Crippen LogP contribution in [0.25, 0.3) is 0 Å². The lowest BCUT2D eigenvalue weighted by atomic mass is 10.0. The smallest absolute Gasteiger partial charge is 0.148 e. The number of aryl methyl sites for hydroxylation is 1. The number of nitrogens with zero attached hydrogens (tertiary/aromatic N) is 2. The Morgan fingerprint density at radius 1 is 1.05 bits per heavy atom. The molecule has 0 saturated heterocycles. The maximum atomic E-state index is 5.51. The van der Waals surface area contributed by atoms with E-state index in [1.54, 1.807) is 0 Å². The van der Waals surface area contributed by atoms with Crippen molar-refractivity contribution in [1.29, 1.82) is 0 Å². The van der Waals surface area contributed by atoms with E-state index in [0.717, 1.165) is 46.7 Å². The predicted molar refractivity (Wildman–Crippen MR) is 74.5 cm³/mol. The van der Waals surface area contributed by atoms with E-state index in [9.17, 15) is 0 Å². The van der Waals surface area contributed by atoms with Crippen molar-refractivity contribution in [3.05, 3.63) is 11.4 Å². The van der Waals surface area contributed by atoms with Crippen molar-refractivity contribution in [3.8, 4) is 0 Å². The highest BCUT2D eigenvalue weighted by Crippen LogP contribution is 2.66. The lowest BCUT2D eigenvalue weighted by Crippen LogP contribution is -2.17. The molecule has 0 amide bonds. The molecule has 4 rings (SSSR count). The third-order valence-electron chi connectivity index (χ3n) is 5.43. The number of fused-ring (bicyclic) bond motifs is 5. The topological polar surface area (TPSA) is 75.9 Å². The van der Waals surface area contributed by atoms with Gasteiger partial charge in [-0.2, -0.15) is 0 Å². The fraction of sp³-hybridized carbons (Fsp3) is 0.714. The van der Waals surface area contributed by atoms with Crippen LogP contribution in [0.4, 0.5) is 11.6 Å². The van der Waals surface area contributed by atoms with Gasteiger partial charge < -0.3 is 10.7 Å². The highest BCUT2D eigenvalue weighted by atomic mass is 15.3. The van der Waals surface area contributed by atoms with E-state index in [4.69, 9.17) is 5.84 Å². The summed E-state index contributed by atoms with van der Waals surface area (Å²) in [6.07, 6.45) is 4.37. The lowest BCUT2D eigenvalue weighted by Gasteiger charge is -2.15. The number of nitrogens with two attached hydrogens (primary N) is 1. The summed E-state index contributed by atoms with van der Waals surface area (Å²) < 4.78 is 0. The summed E-state index contributed by atoms with van der Waals surface area (Å²) in [6, 6.07) is 0.643. The number of hydrogen-bond acceptors (Lipinski definition) is 5. The van der Waals surface area contributed by atoms with Crippen molar-refractivity contribution in [2.75, 3.05) is 10.7 Å². The van der Waals surface area contributed by atoms with Crippen LogP contribution < -0.4 is 16.6 Å². The van der Waals surface area contributed by atoms with E-state index in [1.165, 1.54) is 19.3 Å². The number of nitrogens with one attached hydrogen (secondary N) is 2. The van der Waals surface area contributed by atoms with Gasteiger partial charge in [-0.3, -0.25) is 0 Å². The highest BCUT2D eigenvalue weighted by Gasteiger charge is 2.65. The fourth-order valence-corrected chi connectivity index (χ4v) is 4.59. The maximum absolute atomic E-state index is 5.51. The quantitative estimate of drug-likeness (QED) is 0.570. The molecule has 1 aromatic rings.